The first-order chi connectivity index (χ1) is 12.1. The molecule has 0 saturated heterocycles. The fourth-order valence-electron chi connectivity index (χ4n) is 2.90. The first kappa shape index (κ1) is 16.7. The Balaban J connectivity index is 2.03. The summed E-state index contributed by atoms with van der Waals surface area (Å²) in [5, 5.41) is 2.58. The van der Waals surface area contributed by atoms with Crippen LogP contribution in [0.25, 0.3) is 6.08 Å². The van der Waals surface area contributed by atoms with Crippen molar-refractivity contribution in [3.05, 3.63) is 58.4 Å². The van der Waals surface area contributed by atoms with Gasteiger partial charge in [0.25, 0.3) is 5.91 Å². The number of aromatic nitrogens is 1. The van der Waals surface area contributed by atoms with E-state index in [1.165, 1.54) is 13.3 Å². The third-order valence-corrected chi connectivity index (χ3v) is 4.18. The number of Topliss-reactive ketones (excluding diaryl/α,β-unsaturated/α-hetero) is 1. The minimum atomic E-state index is -0.244. The summed E-state index contributed by atoms with van der Waals surface area (Å²) in [5.41, 5.74) is 3.17. The van der Waals surface area contributed by atoms with Crippen LogP contribution in [0.2, 0.25) is 0 Å². The summed E-state index contributed by atoms with van der Waals surface area (Å²) in [6.07, 6.45) is 5.30. The van der Waals surface area contributed by atoms with Crippen LogP contribution in [0.1, 0.15) is 31.8 Å². The van der Waals surface area contributed by atoms with E-state index in [1.807, 2.05) is 6.07 Å². The van der Waals surface area contributed by atoms with E-state index in [9.17, 15) is 9.59 Å². The van der Waals surface area contributed by atoms with Gasteiger partial charge in [-0.2, -0.15) is 0 Å². The second-order valence-electron chi connectivity index (χ2n) is 5.58. The number of allylic oxidation sites excluding steroid dienone is 1. The van der Waals surface area contributed by atoms with E-state index in [2.05, 4.69) is 10.3 Å². The average molecular weight is 338 g/mol. The number of pyridine rings is 1. The molecule has 0 fully saturated rings. The van der Waals surface area contributed by atoms with Gasteiger partial charge in [-0.15, -0.1) is 0 Å². The highest BCUT2D eigenvalue weighted by atomic mass is 16.5. The van der Waals surface area contributed by atoms with Gasteiger partial charge in [-0.25, -0.2) is 0 Å². The summed E-state index contributed by atoms with van der Waals surface area (Å²) < 4.78 is 10.6. The highest BCUT2D eigenvalue weighted by Crippen LogP contribution is 2.37. The predicted octanol–water partition coefficient (Wildman–Crippen LogP) is 2.28. The first-order valence-corrected chi connectivity index (χ1v) is 7.75. The summed E-state index contributed by atoms with van der Waals surface area (Å²) in [5.74, 6) is 0.790. The number of hydrogen-bond donors (Lipinski definition) is 1. The molecule has 128 valence electrons. The lowest BCUT2D eigenvalue weighted by molar-refractivity contribution is 0.0961. The monoisotopic (exact) mass is 338 g/mol. The van der Waals surface area contributed by atoms with Crippen molar-refractivity contribution in [2.75, 3.05) is 21.3 Å². The molecule has 1 aliphatic rings. The van der Waals surface area contributed by atoms with Crippen LogP contribution in [0, 0.1) is 0 Å². The van der Waals surface area contributed by atoms with Crippen LogP contribution in [0.4, 0.5) is 0 Å². The number of amides is 1. The van der Waals surface area contributed by atoms with Gasteiger partial charge in [-0.3, -0.25) is 14.6 Å². The Labute approximate surface area is 145 Å². The summed E-state index contributed by atoms with van der Waals surface area (Å²) in [6, 6.07) is 5.23. The molecule has 1 aliphatic carbocycles. The lowest BCUT2D eigenvalue weighted by atomic mass is 10.0. The standard InChI is InChI=1S/C19H18N2O4/c1-20-19(23)15-10-21-5-4-11(15)6-13-7-12-8-16(24-2)17(25-3)9-14(12)18(13)22/h4-6,8-10H,7H2,1-3H3,(H,20,23). The molecule has 6 heteroatoms. The van der Waals surface area contributed by atoms with Gasteiger partial charge in [0.1, 0.15) is 0 Å². The molecule has 3 rings (SSSR count). The largest absolute Gasteiger partial charge is 0.493 e. The van der Waals surface area contributed by atoms with Crippen LogP contribution in [0.3, 0.4) is 0 Å². The second kappa shape index (κ2) is 6.76. The minimum absolute atomic E-state index is 0.0735. The molecule has 6 nitrogen and oxygen atoms in total. The maximum absolute atomic E-state index is 12.7. The van der Waals surface area contributed by atoms with Gasteiger partial charge in [0.15, 0.2) is 17.3 Å². The number of ether oxygens (including phenoxy) is 2. The van der Waals surface area contributed by atoms with E-state index < -0.39 is 0 Å². The number of carbonyl (C=O) groups is 2. The molecule has 1 heterocycles. The number of carbonyl (C=O) groups excluding carboxylic acids is 2. The molecule has 0 unspecified atom stereocenters. The molecular formula is C19H18N2O4. The van der Waals surface area contributed by atoms with Crippen molar-refractivity contribution >= 4 is 17.8 Å². The maximum Gasteiger partial charge on any atom is 0.253 e. The van der Waals surface area contributed by atoms with Gasteiger partial charge < -0.3 is 14.8 Å². The number of rotatable bonds is 4. The Bertz CT molecular complexity index is 887. The molecule has 1 aromatic heterocycles. The Morgan fingerprint density at radius 1 is 1.24 bits per heavy atom. The number of nitrogens with one attached hydrogen (secondary N) is 1. The van der Waals surface area contributed by atoms with Crippen molar-refractivity contribution in [2.45, 2.75) is 6.42 Å². The summed E-state index contributed by atoms with van der Waals surface area (Å²) in [7, 11) is 4.65. The SMILES string of the molecule is CNC(=O)c1cnccc1C=C1Cc2cc(OC)c(OC)cc2C1=O. The zero-order valence-electron chi connectivity index (χ0n) is 14.3. The lowest BCUT2D eigenvalue weighted by Gasteiger charge is -2.08. The molecule has 1 amide bonds. The van der Waals surface area contributed by atoms with E-state index in [1.54, 1.807) is 38.6 Å². The fraction of sp³-hybridized carbons (Fsp3) is 0.211. The van der Waals surface area contributed by atoms with Crippen LogP contribution < -0.4 is 14.8 Å². The minimum Gasteiger partial charge on any atom is -0.493 e. The summed E-state index contributed by atoms with van der Waals surface area (Å²) in [4.78, 5) is 28.7. The number of fused-ring (bicyclic) bond motifs is 1. The molecule has 0 aliphatic heterocycles. The molecule has 0 bridgehead atoms. The van der Waals surface area contributed by atoms with Crippen LogP contribution in [0.15, 0.2) is 36.2 Å². The quantitative estimate of drug-likeness (QED) is 0.866. The molecule has 1 aromatic carbocycles. The van der Waals surface area contributed by atoms with E-state index in [4.69, 9.17) is 9.47 Å². The summed E-state index contributed by atoms with van der Waals surface area (Å²) >= 11 is 0. The molecule has 2 aromatic rings. The third-order valence-electron chi connectivity index (χ3n) is 4.18. The Morgan fingerprint density at radius 3 is 2.64 bits per heavy atom. The first-order valence-electron chi connectivity index (χ1n) is 7.75. The van der Waals surface area contributed by atoms with E-state index in [0.717, 1.165) is 5.56 Å². The molecular weight excluding hydrogens is 320 g/mol. The predicted molar refractivity (Wildman–Crippen MR) is 93.2 cm³/mol. The number of hydrogen-bond acceptors (Lipinski definition) is 5. The van der Waals surface area contributed by atoms with E-state index >= 15 is 0 Å². The smallest absolute Gasteiger partial charge is 0.253 e. The number of ketones is 1. The second-order valence-corrected chi connectivity index (χ2v) is 5.58. The average Bonchev–Trinajstić information content (AvgIpc) is 2.95. The highest BCUT2D eigenvalue weighted by Gasteiger charge is 2.27. The molecule has 0 spiro atoms. The molecule has 0 radical (unpaired) electrons. The van der Waals surface area contributed by atoms with Gasteiger partial charge in [-0.05, 0) is 35.4 Å². The molecule has 1 N–H and O–H groups in total. The molecule has 0 saturated carbocycles. The topological polar surface area (TPSA) is 77.5 Å². The molecule has 25 heavy (non-hydrogen) atoms. The zero-order valence-corrected chi connectivity index (χ0v) is 14.3. The van der Waals surface area contributed by atoms with Crippen molar-refractivity contribution in [3.63, 3.8) is 0 Å². The fourth-order valence-corrected chi connectivity index (χ4v) is 2.90. The van der Waals surface area contributed by atoms with Crippen molar-refractivity contribution < 1.29 is 19.1 Å². The lowest BCUT2D eigenvalue weighted by Crippen LogP contribution is -2.19. The van der Waals surface area contributed by atoms with Gasteiger partial charge in [0.05, 0.1) is 19.8 Å². The Hall–Kier alpha value is -3.15. The van der Waals surface area contributed by atoms with Crippen molar-refractivity contribution in [3.8, 4) is 11.5 Å². The normalized spacial score (nSPS) is 14.4. The Morgan fingerprint density at radius 2 is 1.96 bits per heavy atom. The molecule has 0 atom stereocenters. The van der Waals surface area contributed by atoms with Gasteiger partial charge in [-0.1, -0.05) is 0 Å². The maximum atomic E-state index is 12.7. The van der Waals surface area contributed by atoms with Gasteiger partial charge >= 0.3 is 0 Å². The van der Waals surface area contributed by atoms with Crippen LogP contribution >= 0.6 is 0 Å². The Kier molecular flexibility index (Phi) is 4.52. The van der Waals surface area contributed by atoms with Crippen LogP contribution in [0.5, 0.6) is 11.5 Å². The van der Waals surface area contributed by atoms with Crippen molar-refractivity contribution in [1.82, 2.24) is 10.3 Å². The number of methoxy groups -OCH3 is 2. The van der Waals surface area contributed by atoms with E-state index in [0.29, 0.717) is 40.2 Å². The number of benzene rings is 1. The van der Waals surface area contributed by atoms with Gasteiger partial charge in [0, 0.05) is 37.0 Å². The number of nitrogens with zero attached hydrogens (tertiary/aromatic N) is 1. The van der Waals surface area contributed by atoms with Crippen LogP contribution in [-0.2, 0) is 6.42 Å². The summed E-state index contributed by atoms with van der Waals surface area (Å²) in [6.45, 7) is 0. The van der Waals surface area contributed by atoms with Gasteiger partial charge in [0.2, 0.25) is 0 Å². The van der Waals surface area contributed by atoms with Crippen molar-refractivity contribution in [2.24, 2.45) is 0 Å². The van der Waals surface area contributed by atoms with Crippen LogP contribution in [-0.4, -0.2) is 37.9 Å². The zero-order chi connectivity index (χ0) is 18.0. The highest BCUT2D eigenvalue weighted by molar-refractivity contribution is 6.16. The van der Waals surface area contributed by atoms with E-state index in [-0.39, 0.29) is 11.7 Å². The third kappa shape index (κ3) is 2.98. The van der Waals surface area contributed by atoms with Crippen molar-refractivity contribution in [1.29, 1.82) is 0 Å².